The monoisotopic (exact) mass is 512 g/mol. The summed E-state index contributed by atoms with van der Waals surface area (Å²) in [6.45, 7) is 0.0939. The molecule has 11 heteroatoms. The predicted octanol–water partition coefficient (Wildman–Crippen LogP) is 5.21. The normalized spacial score (nSPS) is 11.2. The number of nitrogens with zero attached hydrogens (tertiary/aromatic N) is 4. The van der Waals surface area contributed by atoms with Gasteiger partial charge in [0.2, 0.25) is 0 Å². The average Bonchev–Trinajstić information content (AvgIpc) is 3.47. The lowest BCUT2D eigenvalue weighted by Crippen LogP contribution is -2.38. The van der Waals surface area contributed by atoms with E-state index in [1.54, 1.807) is 12.3 Å². The molecule has 0 saturated heterocycles. The van der Waals surface area contributed by atoms with Crippen molar-refractivity contribution in [2.24, 2.45) is 0 Å². The lowest BCUT2D eigenvalue weighted by atomic mass is 10.1. The van der Waals surface area contributed by atoms with E-state index in [1.165, 1.54) is 35.3 Å². The lowest BCUT2D eigenvalue weighted by molar-refractivity contribution is 0.387. The fraction of sp³-hybridized carbons (Fsp3) is 0.130. The fourth-order valence-corrected chi connectivity index (χ4v) is 6.08. The van der Waals surface area contributed by atoms with E-state index in [2.05, 4.69) is 4.98 Å². The summed E-state index contributed by atoms with van der Waals surface area (Å²) in [4.78, 5) is 31.9. The van der Waals surface area contributed by atoms with Gasteiger partial charge in [0.15, 0.2) is 11.6 Å². The number of aryl methyl sites for hydroxylation is 1. The Hall–Kier alpha value is -3.52. The number of ether oxygens (including phenoxy) is 1. The first kappa shape index (κ1) is 22.3. The summed E-state index contributed by atoms with van der Waals surface area (Å²) < 4.78 is 22.7. The van der Waals surface area contributed by atoms with E-state index in [0.29, 0.717) is 26.3 Å². The van der Waals surface area contributed by atoms with Crippen LogP contribution in [0.2, 0.25) is 5.02 Å². The third kappa shape index (κ3) is 3.49. The molecule has 0 radical (unpaired) electrons. The summed E-state index contributed by atoms with van der Waals surface area (Å²) in [5.41, 5.74) is 0.159. The molecular weight excluding hydrogens is 499 g/mol. The zero-order chi connectivity index (χ0) is 24.0. The third-order valence-corrected chi connectivity index (χ3v) is 7.77. The summed E-state index contributed by atoms with van der Waals surface area (Å²) >= 11 is 8.84. The maximum atomic E-state index is 14.1. The van der Waals surface area contributed by atoms with Crippen molar-refractivity contribution in [2.45, 2.75) is 13.0 Å². The molecule has 1 aromatic carbocycles. The maximum Gasteiger partial charge on any atom is 0.336 e. The van der Waals surface area contributed by atoms with Crippen LogP contribution >= 0.6 is 34.3 Å². The average molecular weight is 513 g/mol. The first-order chi connectivity index (χ1) is 16.4. The van der Waals surface area contributed by atoms with E-state index in [1.807, 2.05) is 17.5 Å². The highest BCUT2D eigenvalue weighted by molar-refractivity contribution is 7.22. The Morgan fingerprint density at radius 3 is 2.82 bits per heavy atom. The number of aromatic nitrogens is 3. The SMILES string of the molecule is COc1cc(-c2cc3c(s2)c(=O)n(-c2cncc4ccsc24)c(=O)n3CCC#N)c(Cl)cc1F. The molecule has 0 atom stereocenters. The molecule has 0 fully saturated rings. The van der Waals surface area contributed by atoms with Crippen LogP contribution < -0.4 is 16.0 Å². The molecule has 7 nitrogen and oxygen atoms in total. The summed E-state index contributed by atoms with van der Waals surface area (Å²) in [7, 11) is 1.35. The van der Waals surface area contributed by atoms with E-state index in [-0.39, 0.29) is 23.7 Å². The van der Waals surface area contributed by atoms with Crippen molar-refractivity contribution >= 4 is 54.6 Å². The predicted molar refractivity (Wildman–Crippen MR) is 132 cm³/mol. The largest absolute Gasteiger partial charge is 0.494 e. The van der Waals surface area contributed by atoms with E-state index >= 15 is 0 Å². The number of hydrogen-bond donors (Lipinski definition) is 0. The van der Waals surface area contributed by atoms with Crippen LogP contribution in [0.15, 0.2) is 51.6 Å². The van der Waals surface area contributed by atoms with Crippen LogP contribution in [-0.4, -0.2) is 21.2 Å². The van der Waals surface area contributed by atoms with E-state index in [4.69, 9.17) is 21.6 Å². The minimum atomic E-state index is -0.609. The molecule has 4 aromatic heterocycles. The molecule has 4 heterocycles. The molecule has 5 rings (SSSR count). The molecule has 0 amide bonds. The summed E-state index contributed by atoms with van der Waals surface area (Å²) in [5, 5.41) is 12.0. The van der Waals surface area contributed by atoms with Gasteiger partial charge in [-0.15, -0.1) is 22.7 Å². The maximum absolute atomic E-state index is 14.1. The van der Waals surface area contributed by atoms with Gasteiger partial charge in [0.05, 0.1) is 46.7 Å². The quantitative estimate of drug-likeness (QED) is 0.322. The van der Waals surface area contributed by atoms with Crippen molar-refractivity contribution in [1.29, 1.82) is 5.26 Å². The summed E-state index contributed by atoms with van der Waals surface area (Å²) in [5.74, 6) is -0.603. The molecule has 0 N–H and O–H groups in total. The van der Waals surface area contributed by atoms with Crippen molar-refractivity contribution in [1.82, 2.24) is 14.1 Å². The first-order valence-corrected chi connectivity index (χ1v) is 12.0. The Kier molecular flexibility index (Phi) is 5.69. The van der Waals surface area contributed by atoms with Crippen LogP contribution in [0.5, 0.6) is 5.75 Å². The fourth-order valence-electron chi connectivity index (χ4n) is 3.78. The molecule has 0 aliphatic carbocycles. The Balaban J connectivity index is 1.84. The van der Waals surface area contributed by atoms with Crippen molar-refractivity contribution in [3.05, 3.63) is 73.7 Å². The van der Waals surface area contributed by atoms with Gasteiger partial charge in [-0.3, -0.25) is 14.3 Å². The Morgan fingerprint density at radius 2 is 2.06 bits per heavy atom. The lowest BCUT2D eigenvalue weighted by Gasteiger charge is -2.11. The molecular formula is C23H14ClFN4O3S2. The highest BCUT2D eigenvalue weighted by atomic mass is 35.5. The molecule has 0 aliphatic rings. The number of thiophene rings is 2. The minimum Gasteiger partial charge on any atom is -0.494 e. The molecule has 0 aliphatic heterocycles. The number of fused-ring (bicyclic) bond motifs is 2. The van der Waals surface area contributed by atoms with Gasteiger partial charge in [-0.25, -0.2) is 13.8 Å². The number of hydrogen-bond acceptors (Lipinski definition) is 7. The van der Waals surface area contributed by atoms with Crippen LogP contribution in [0.3, 0.4) is 0 Å². The number of methoxy groups -OCH3 is 1. The van der Waals surface area contributed by atoms with Crippen LogP contribution in [0.4, 0.5) is 4.39 Å². The highest BCUT2D eigenvalue weighted by Gasteiger charge is 2.21. The van der Waals surface area contributed by atoms with E-state index in [0.717, 1.165) is 32.1 Å². The van der Waals surface area contributed by atoms with Gasteiger partial charge in [0.1, 0.15) is 4.70 Å². The van der Waals surface area contributed by atoms with Crippen LogP contribution in [0.1, 0.15) is 6.42 Å². The van der Waals surface area contributed by atoms with Crippen molar-refractivity contribution < 1.29 is 9.13 Å². The highest BCUT2D eigenvalue weighted by Crippen LogP contribution is 2.39. The second-order valence-corrected chi connectivity index (χ2v) is 9.65. The molecule has 170 valence electrons. The van der Waals surface area contributed by atoms with E-state index < -0.39 is 17.1 Å². The molecule has 0 unspecified atom stereocenters. The van der Waals surface area contributed by atoms with Gasteiger partial charge in [-0.2, -0.15) is 5.26 Å². The Bertz CT molecular complexity index is 1750. The van der Waals surface area contributed by atoms with Gasteiger partial charge in [-0.1, -0.05) is 11.6 Å². The third-order valence-electron chi connectivity index (χ3n) is 5.36. The standard InChI is InChI=1S/C23H14ClFN4O3S2/c1-32-18-7-13(14(24)8-15(18)25)19-9-16-21(34-19)22(30)29(23(31)28(16)5-2-4-26)17-11-27-10-12-3-6-33-20(12)17/h3,6-11H,2,5H2,1H3. The van der Waals surface area contributed by atoms with Crippen molar-refractivity contribution in [3.63, 3.8) is 0 Å². The Labute approximate surface area is 204 Å². The smallest absolute Gasteiger partial charge is 0.336 e. The molecule has 0 saturated carbocycles. The molecule has 5 aromatic rings. The number of rotatable bonds is 5. The zero-order valence-corrected chi connectivity index (χ0v) is 19.9. The van der Waals surface area contributed by atoms with Crippen LogP contribution in [-0.2, 0) is 6.54 Å². The topological polar surface area (TPSA) is 89.9 Å². The van der Waals surface area contributed by atoms with Gasteiger partial charge in [0, 0.05) is 28.6 Å². The number of halogens is 2. The molecule has 34 heavy (non-hydrogen) atoms. The Morgan fingerprint density at radius 1 is 1.24 bits per heavy atom. The molecule has 0 bridgehead atoms. The number of pyridine rings is 1. The van der Waals surface area contributed by atoms with Gasteiger partial charge in [0.25, 0.3) is 5.56 Å². The molecule has 0 spiro atoms. The van der Waals surface area contributed by atoms with Gasteiger partial charge >= 0.3 is 5.69 Å². The van der Waals surface area contributed by atoms with Crippen LogP contribution in [0.25, 0.3) is 36.4 Å². The summed E-state index contributed by atoms with van der Waals surface area (Å²) in [6, 6.07) is 8.16. The van der Waals surface area contributed by atoms with Crippen LogP contribution in [0, 0.1) is 17.1 Å². The van der Waals surface area contributed by atoms with E-state index in [9.17, 15) is 14.0 Å². The first-order valence-electron chi connectivity index (χ1n) is 9.96. The zero-order valence-electron chi connectivity index (χ0n) is 17.5. The van der Waals surface area contributed by atoms with Gasteiger partial charge < -0.3 is 4.74 Å². The number of benzene rings is 1. The minimum absolute atomic E-state index is 0.00610. The summed E-state index contributed by atoms with van der Waals surface area (Å²) in [6.07, 6.45) is 3.23. The van der Waals surface area contributed by atoms with Gasteiger partial charge in [-0.05, 0) is 29.6 Å². The van der Waals surface area contributed by atoms with Crippen molar-refractivity contribution in [2.75, 3.05) is 7.11 Å². The van der Waals surface area contributed by atoms with Crippen molar-refractivity contribution in [3.8, 4) is 27.9 Å². The number of nitriles is 1. The second kappa shape index (κ2) is 8.68. The second-order valence-electron chi connectivity index (χ2n) is 7.27.